The molecule has 4 heteroatoms. The predicted molar refractivity (Wildman–Crippen MR) is 208 cm³/mol. The fourth-order valence-corrected chi connectivity index (χ4v) is 9.83. The van der Waals surface area contributed by atoms with Crippen molar-refractivity contribution in [2.75, 3.05) is 0 Å². The molecule has 0 fully saturated rings. The fraction of sp³-hybridized carbons (Fsp3) is 0.0638. The molecule has 11 rings (SSSR count). The third kappa shape index (κ3) is 4.17. The normalized spacial score (nSPS) is 16.5. The number of para-hydroxylation sites is 1. The maximum absolute atomic E-state index is 6.90. The van der Waals surface area contributed by atoms with Crippen molar-refractivity contribution in [2.24, 2.45) is 0 Å². The van der Waals surface area contributed by atoms with Gasteiger partial charge in [-0.25, -0.2) is 9.97 Å². The number of nitrogens with zero attached hydrogens (tertiary/aromatic N) is 2. The average molecular weight is 671 g/mol. The lowest BCUT2D eigenvalue weighted by Crippen LogP contribution is -2.35. The molecule has 1 atom stereocenters. The summed E-state index contributed by atoms with van der Waals surface area (Å²) in [7, 11) is 0. The number of rotatable bonds is 3. The summed E-state index contributed by atoms with van der Waals surface area (Å²) < 4.78 is 9.46. The van der Waals surface area contributed by atoms with Crippen molar-refractivity contribution in [3.63, 3.8) is 0 Å². The third-order valence-electron chi connectivity index (χ3n) is 10.9. The zero-order valence-corrected chi connectivity index (χ0v) is 28.4. The summed E-state index contributed by atoms with van der Waals surface area (Å²) in [5.41, 5.74) is 11.2. The van der Waals surface area contributed by atoms with Crippen LogP contribution in [0.2, 0.25) is 0 Å². The molecule has 3 heterocycles. The first-order valence-corrected chi connectivity index (χ1v) is 18.3. The summed E-state index contributed by atoms with van der Waals surface area (Å²) >= 11 is 1.83. The Bertz CT molecular complexity index is 2730. The van der Waals surface area contributed by atoms with E-state index in [-0.39, 0.29) is 5.92 Å². The van der Waals surface area contributed by atoms with Gasteiger partial charge in [0.2, 0.25) is 0 Å². The number of ether oxygens (including phenoxy) is 1. The van der Waals surface area contributed by atoms with Gasteiger partial charge in [-0.05, 0) is 46.5 Å². The molecule has 0 N–H and O–H groups in total. The number of hydrogen-bond acceptors (Lipinski definition) is 4. The van der Waals surface area contributed by atoms with Crippen molar-refractivity contribution in [1.29, 1.82) is 0 Å². The molecule has 8 aromatic rings. The monoisotopic (exact) mass is 670 g/mol. The van der Waals surface area contributed by atoms with Crippen LogP contribution in [0.25, 0.3) is 53.9 Å². The summed E-state index contributed by atoms with van der Waals surface area (Å²) in [6.07, 6.45) is 5.37. The van der Waals surface area contributed by atoms with Crippen LogP contribution in [0.4, 0.5) is 0 Å². The van der Waals surface area contributed by atoms with Crippen molar-refractivity contribution in [3.8, 4) is 39.5 Å². The average Bonchev–Trinajstić information content (AvgIpc) is 3.72. The summed E-state index contributed by atoms with van der Waals surface area (Å²) in [5, 5.41) is 2.58. The Balaban J connectivity index is 1.07. The van der Waals surface area contributed by atoms with Gasteiger partial charge in [0.1, 0.15) is 11.5 Å². The van der Waals surface area contributed by atoms with E-state index in [0.29, 0.717) is 6.42 Å². The lowest BCUT2D eigenvalue weighted by Gasteiger charge is -2.42. The summed E-state index contributed by atoms with van der Waals surface area (Å²) in [6.45, 7) is 0. The molecular formula is C47H30N2OS. The Morgan fingerprint density at radius 3 is 2.10 bits per heavy atom. The van der Waals surface area contributed by atoms with Crippen molar-refractivity contribution >= 4 is 31.5 Å². The molecule has 2 aliphatic carbocycles. The second kappa shape index (κ2) is 10.9. The predicted octanol–water partition coefficient (Wildman–Crippen LogP) is 11.9. The second-order valence-corrected chi connectivity index (χ2v) is 14.7. The van der Waals surface area contributed by atoms with E-state index < -0.39 is 5.41 Å². The summed E-state index contributed by atoms with van der Waals surface area (Å²) in [6, 6.07) is 54.3. The van der Waals surface area contributed by atoms with Crippen LogP contribution in [-0.2, 0) is 5.41 Å². The van der Waals surface area contributed by atoms with Crippen LogP contribution in [0, 0.1) is 0 Å². The molecule has 51 heavy (non-hydrogen) atoms. The molecule has 0 amide bonds. The topological polar surface area (TPSA) is 35.0 Å². The molecule has 0 radical (unpaired) electrons. The minimum atomic E-state index is -0.454. The van der Waals surface area contributed by atoms with E-state index in [1.54, 1.807) is 0 Å². The molecule has 2 aromatic heterocycles. The molecule has 3 nitrogen and oxygen atoms in total. The lowest BCUT2D eigenvalue weighted by molar-refractivity contribution is 0.356. The SMILES string of the molecule is C1=CC(c2cc(-c3ccc4c(c3)sc3ccccc34)nc(-c3ccccc3)n2)CC2=C1C1(c3ccccc3O2)c2ccccc2-c2ccccc21. The number of fused-ring (bicyclic) bond motifs is 11. The first-order chi connectivity index (χ1) is 25.3. The molecule has 0 saturated carbocycles. The zero-order chi connectivity index (χ0) is 33.5. The van der Waals surface area contributed by atoms with Crippen LogP contribution >= 0.6 is 11.3 Å². The van der Waals surface area contributed by atoms with Crippen LogP contribution in [0.3, 0.4) is 0 Å². The van der Waals surface area contributed by atoms with Gasteiger partial charge in [-0.15, -0.1) is 11.3 Å². The minimum absolute atomic E-state index is 0.00946. The molecule has 1 unspecified atom stereocenters. The maximum atomic E-state index is 6.90. The summed E-state index contributed by atoms with van der Waals surface area (Å²) in [4.78, 5) is 10.4. The summed E-state index contributed by atoms with van der Waals surface area (Å²) in [5.74, 6) is 2.66. The maximum Gasteiger partial charge on any atom is 0.160 e. The van der Waals surface area contributed by atoms with Gasteiger partial charge in [0.25, 0.3) is 0 Å². The highest BCUT2D eigenvalue weighted by molar-refractivity contribution is 7.25. The van der Waals surface area contributed by atoms with Crippen LogP contribution in [0.1, 0.15) is 34.7 Å². The van der Waals surface area contributed by atoms with Gasteiger partial charge in [0.05, 0.1) is 16.8 Å². The largest absolute Gasteiger partial charge is 0.461 e. The van der Waals surface area contributed by atoms with Gasteiger partial charge in [-0.1, -0.05) is 140 Å². The van der Waals surface area contributed by atoms with E-state index >= 15 is 0 Å². The highest BCUT2D eigenvalue weighted by Gasteiger charge is 2.52. The van der Waals surface area contributed by atoms with E-state index in [4.69, 9.17) is 14.7 Å². The van der Waals surface area contributed by atoms with Crippen LogP contribution in [0.5, 0.6) is 5.75 Å². The van der Waals surface area contributed by atoms with Crippen LogP contribution in [-0.4, -0.2) is 9.97 Å². The number of thiophene rings is 1. The molecule has 240 valence electrons. The molecule has 0 saturated heterocycles. The Labute approximate surface area is 299 Å². The van der Waals surface area contributed by atoms with Crippen molar-refractivity contribution in [3.05, 3.63) is 198 Å². The van der Waals surface area contributed by atoms with E-state index in [1.165, 1.54) is 53.6 Å². The number of aromatic nitrogens is 2. The third-order valence-corrected chi connectivity index (χ3v) is 12.0. The number of allylic oxidation sites excluding steroid dienone is 4. The highest BCUT2D eigenvalue weighted by Crippen LogP contribution is 2.61. The van der Waals surface area contributed by atoms with Gasteiger partial charge in [0, 0.05) is 54.8 Å². The molecule has 0 bridgehead atoms. The first kappa shape index (κ1) is 28.7. The van der Waals surface area contributed by atoms with E-state index in [9.17, 15) is 0 Å². The van der Waals surface area contributed by atoms with E-state index in [1.807, 2.05) is 17.4 Å². The Morgan fingerprint density at radius 1 is 0.588 bits per heavy atom. The van der Waals surface area contributed by atoms with Crippen LogP contribution in [0.15, 0.2) is 175 Å². The zero-order valence-electron chi connectivity index (χ0n) is 27.6. The van der Waals surface area contributed by atoms with Gasteiger partial charge in [-0.3, -0.25) is 0 Å². The minimum Gasteiger partial charge on any atom is -0.461 e. The molecule has 6 aromatic carbocycles. The molecule has 1 spiro atoms. The van der Waals surface area contributed by atoms with Gasteiger partial charge < -0.3 is 4.74 Å². The van der Waals surface area contributed by atoms with Crippen molar-refractivity contribution in [1.82, 2.24) is 9.97 Å². The van der Waals surface area contributed by atoms with Crippen molar-refractivity contribution < 1.29 is 4.74 Å². The quantitative estimate of drug-likeness (QED) is 0.188. The number of hydrogen-bond donors (Lipinski definition) is 0. The van der Waals surface area contributed by atoms with Crippen LogP contribution < -0.4 is 4.74 Å². The van der Waals surface area contributed by atoms with Gasteiger partial charge in [0.15, 0.2) is 5.82 Å². The van der Waals surface area contributed by atoms with Gasteiger partial charge in [-0.2, -0.15) is 0 Å². The standard InChI is InChI=1S/C47H30N2OS/c1-2-12-29(13-3-1)46-48-40(28-41(49-46)31-22-24-35-34-16-6-11-21-44(34)51-45(35)27-31)30-23-25-39-43(26-30)50-42-20-10-9-19-38(42)47(39)36-17-7-4-14-32(36)33-15-5-8-18-37(33)47/h1-25,27-28,30H,26H2. The second-order valence-electron chi connectivity index (χ2n) is 13.6. The van der Waals surface area contributed by atoms with Gasteiger partial charge >= 0.3 is 0 Å². The van der Waals surface area contributed by atoms with E-state index in [2.05, 4.69) is 158 Å². The Kier molecular flexibility index (Phi) is 6.16. The molecular weight excluding hydrogens is 641 g/mol. The lowest BCUT2D eigenvalue weighted by atomic mass is 9.64. The fourth-order valence-electron chi connectivity index (χ4n) is 8.68. The number of benzene rings is 6. The highest BCUT2D eigenvalue weighted by atomic mass is 32.1. The smallest absolute Gasteiger partial charge is 0.160 e. The Hall–Kier alpha value is -6.10. The van der Waals surface area contributed by atoms with Crippen molar-refractivity contribution in [2.45, 2.75) is 17.8 Å². The molecule has 1 aliphatic heterocycles. The first-order valence-electron chi connectivity index (χ1n) is 17.5. The molecule has 3 aliphatic rings. The van der Waals surface area contributed by atoms with E-state index in [0.717, 1.165) is 39.8 Å². The Morgan fingerprint density at radius 2 is 1.27 bits per heavy atom.